The van der Waals surface area contributed by atoms with Crippen molar-refractivity contribution in [2.45, 2.75) is 23.9 Å². The van der Waals surface area contributed by atoms with Gasteiger partial charge in [-0.15, -0.1) is 11.3 Å². The molecule has 1 aromatic heterocycles. The second kappa shape index (κ2) is 6.20. The maximum absolute atomic E-state index is 12.6. The smallest absolute Gasteiger partial charge is 0.322 e. The molecule has 0 radical (unpaired) electrons. The van der Waals surface area contributed by atoms with E-state index in [1.165, 1.54) is 16.7 Å². The predicted octanol–water partition coefficient (Wildman–Crippen LogP) is 2.70. The summed E-state index contributed by atoms with van der Waals surface area (Å²) in [5, 5.41) is 11.6. The van der Waals surface area contributed by atoms with Crippen LogP contribution in [0.15, 0.2) is 34.7 Å². The summed E-state index contributed by atoms with van der Waals surface area (Å²) in [5.41, 5.74) is 0.761. The van der Waals surface area contributed by atoms with Gasteiger partial charge in [0, 0.05) is 22.5 Å². The zero-order valence-electron chi connectivity index (χ0n) is 11.8. The molecule has 1 atom stereocenters. The molecule has 1 N–H and O–H groups in total. The Morgan fingerprint density at radius 3 is 2.70 bits per heavy atom. The van der Waals surface area contributed by atoms with E-state index in [1.54, 1.807) is 24.3 Å². The van der Waals surface area contributed by atoms with Crippen LogP contribution < -0.4 is 0 Å². The average molecular weight is 373 g/mol. The maximum Gasteiger partial charge on any atom is 0.322 e. The van der Waals surface area contributed by atoms with Gasteiger partial charge in [0.05, 0.1) is 0 Å². The van der Waals surface area contributed by atoms with Crippen molar-refractivity contribution in [2.24, 2.45) is 0 Å². The van der Waals surface area contributed by atoms with E-state index < -0.39 is 22.0 Å². The summed E-state index contributed by atoms with van der Waals surface area (Å²) in [5.74, 6) is -1.13. The Hall–Kier alpha value is -1.48. The van der Waals surface area contributed by atoms with Gasteiger partial charge in [0.2, 0.25) is 0 Å². The summed E-state index contributed by atoms with van der Waals surface area (Å²) in [7, 11) is -3.90. The second-order valence-electron chi connectivity index (χ2n) is 5.11. The first-order chi connectivity index (χ1) is 10.9. The molecule has 3 rings (SSSR count). The molecule has 23 heavy (non-hydrogen) atoms. The Labute approximate surface area is 142 Å². The first-order valence-corrected chi connectivity index (χ1v) is 9.55. The van der Waals surface area contributed by atoms with Gasteiger partial charge in [-0.1, -0.05) is 23.7 Å². The first-order valence-electron chi connectivity index (χ1n) is 6.86. The van der Waals surface area contributed by atoms with Crippen molar-refractivity contribution in [3.63, 3.8) is 0 Å². The largest absolute Gasteiger partial charge is 0.480 e. The molecule has 1 aliphatic rings. The van der Waals surface area contributed by atoms with E-state index in [0.717, 1.165) is 9.87 Å². The van der Waals surface area contributed by atoms with Gasteiger partial charge in [0.25, 0.3) is 10.0 Å². The van der Waals surface area contributed by atoms with E-state index in [-0.39, 0.29) is 11.6 Å². The van der Waals surface area contributed by atoms with Gasteiger partial charge in [-0.05, 0) is 25.0 Å². The van der Waals surface area contributed by atoms with Crippen LogP contribution in [0.3, 0.4) is 0 Å². The van der Waals surface area contributed by atoms with Crippen molar-refractivity contribution in [3.05, 3.63) is 34.7 Å². The van der Waals surface area contributed by atoms with Crippen molar-refractivity contribution < 1.29 is 18.3 Å². The van der Waals surface area contributed by atoms with Crippen LogP contribution in [-0.4, -0.2) is 41.4 Å². The minimum Gasteiger partial charge on any atom is -0.480 e. The molecule has 1 fully saturated rings. The van der Waals surface area contributed by atoms with E-state index in [1.807, 2.05) is 0 Å². The summed E-state index contributed by atoms with van der Waals surface area (Å²) in [6, 6.07) is 5.91. The molecule has 0 unspecified atom stereocenters. The number of carboxylic acids is 1. The monoisotopic (exact) mass is 372 g/mol. The van der Waals surface area contributed by atoms with Gasteiger partial charge in [-0.3, -0.25) is 4.79 Å². The molecule has 0 bridgehead atoms. The molecule has 1 saturated heterocycles. The lowest BCUT2D eigenvalue weighted by atomic mass is 10.2. The van der Waals surface area contributed by atoms with Crippen molar-refractivity contribution in [3.8, 4) is 10.6 Å². The molecule has 0 amide bonds. The average Bonchev–Trinajstić information content (AvgIpc) is 3.18. The number of nitrogens with zero attached hydrogens (tertiary/aromatic N) is 2. The Balaban J connectivity index is 1.92. The quantitative estimate of drug-likeness (QED) is 0.891. The Morgan fingerprint density at radius 2 is 2.04 bits per heavy atom. The number of sulfonamides is 1. The molecule has 122 valence electrons. The minimum absolute atomic E-state index is 0.111. The highest BCUT2D eigenvalue weighted by Crippen LogP contribution is 2.30. The lowest BCUT2D eigenvalue weighted by molar-refractivity contribution is -0.140. The van der Waals surface area contributed by atoms with Gasteiger partial charge in [-0.25, -0.2) is 13.4 Å². The number of thiazole rings is 1. The number of aliphatic carboxylic acids is 1. The first kappa shape index (κ1) is 16.4. The van der Waals surface area contributed by atoms with Crippen molar-refractivity contribution in [1.29, 1.82) is 0 Å². The number of hydrogen-bond donors (Lipinski definition) is 1. The highest BCUT2D eigenvalue weighted by atomic mass is 35.5. The van der Waals surface area contributed by atoms with E-state index in [2.05, 4.69) is 4.98 Å². The summed E-state index contributed by atoms with van der Waals surface area (Å²) in [4.78, 5) is 15.4. The standard InChI is InChI=1S/C14H13ClN2O4S2/c15-10-5-3-9(4-6-10)13-16-12(8-22-13)23(20,21)17-7-1-2-11(17)14(18)19/h3-6,8,11H,1-2,7H2,(H,18,19)/t11-/m0/s1. The van der Waals surface area contributed by atoms with Crippen LogP contribution in [0.1, 0.15) is 12.8 Å². The number of aromatic nitrogens is 1. The molecule has 0 aliphatic carbocycles. The molecule has 0 spiro atoms. The fourth-order valence-electron chi connectivity index (χ4n) is 2.50. The Bertz CT molecular complexity index is 833. The highest BCUT2D eigenvalue weighted by molar-refractivity contribution is 7.89. The van der Waals surface area contributed by atoms with Crippen molar-refractivity contribution in [2.75, 3.05) is 6.54 Å². The fraction of sp³-hybridized carbons (Fsp3) is 0.286. The molecular formula is C14H13ClN2O4S2. The summed E-state index contributed by atoms with van der Waals surface area (Å²) in [6.07, 6.45) is 0.854. The number of benzene rings is 1. The van der Waals surface area contributed by atoms with Crippen LogP contribution in [0, 0.1) is 0 Å². The summed E-state index contributed by atoms with van der Waals surface area (Å²) < 4.78 is 26.3. The Morgan fingerprint density at radius 1 is 1.35 bits per heavy atom. The van der Waals surface area contributed by atoms with Crippen molar-refractivity contribution >= 4 is 38.9 Å². The number of halogens is 1. The van der Waals surface area contributed by atoms with Gasteiger partial charge in [-0.2, -0.15) is 4.31 Å². The lowest BCUT2D eigenvalue weighted by Gasteiger charge is -2.19. The number of rotatable bonds is 4. The zero-order valence-corrected chi connectivity index (χ0v) is 14.2. The van der Waals surface area contributed by atoms with Crippen molar-refractivity contribution in [1.82, 2.24) is 9.29 Å². The normalized spacial score (nSPS) is 19.1. The third-order valence-electron chi connectivity index (χ3n) is 3.64. The molecule has 9 heteroatoms. The van der Waals surface area contributed by atoms with E-state index >= 15 is 0 Å². The second-order valence-corrected chi connectivity index (χ2v) is 8.24. The van der Waals surface area contributed by atoms with Gasteiger partial charge >= 0.3 is 5.97 Å². The number of carbonyl (C=O) groups is 1. The zero-order chi connectivity index (χ0) is 16.6. The molecular weight excluding hydrogens is 360 g/mol. The summed E-state index contributed by atoms with van der Waals surface area (Å²) >= 11 is 7.03. The fourth-order valence-corrected chi connectivity index (χ4v) is 5.35. The van der Waals surface area contributed by atoms with Crippen LogP contribution in [0.25, 0.3) is 10.6 Å². The Kier molecular flexibility index (Phi) is 4.41. The highest BCUT2D eigenvalue weighted by Gasteiger charge is 2.40. The topological polar surface area (TPSA) is 87.6 Å². The molecule has 6 nitrogen and oxygen atoms in total. The number of carboxylic acid groups (broad SMARTS) is 1. The minimum atomic E-state index is -3.90. The van der Waals surface area contributed by atoms with Crippen LogP contribution in [0.5, 0.6) is 0 Å². The molecule has 2 aromatic rings. The SMILES string of the molecule is O=C(O)[C@@H]1CCCN1S(=O)(=O)c1csc(-c2ccc(Cl)cc2)n1. The van der Waals surface area contributed by atoms with Gasteiger partial charge < -0.3 is 5.11 Å². The third kappa shape index (κ3) is 3.12. The van der Waals surface area contributed by atoms with Gasteiger partial charge in [0.1, 0.15) is 11.0 Å². The number of hydrogen-bond acceptors (Lipinski definition) is 5. The lowest BCUT2D eigenvalue weighted by Crippen LogP contribution is -2.40. The van der Waals surface area contributed by atoms with E-state index in [9.17, 15) is 13.2 Å². The predicted molar refractivity (Wildman–Crippen MR) is 87.1 cm³/mol. The molecule has 1 aliphatic heterocycles. The molecule has 2 heterocycles. The summed E-state index contributed by atoms with van der Waals surface area (Å²) in [6.45, 7) is 0.201. The maximum atomic E-state index is 12.6. The third-order valence-corrected chi connectivity index (χ3v) is 6.72. The van der Waals surface area contributed by atoms with E-state index in [0.29, 0.717) is 22.9 Å². The van der Waals surface area contributed by atoms with Gasteiger partial charge in [0.15, 0.2) is 5.03 Å². The molecule has 1 aromatic carbocycles. The van der Waals surface area contributed by atoms with Crippen LogP contribution in [-0.2, 0) is 14.8 Å². The van der Waals surface area contributed by atoms with Crippen LogP contribution >= 0.6 is 22.9 Å². The van der Waals surface area contributed by atoms with Crippen LogP contribution in [0.2, 0.25) is 5.02 Å². The van der Waals surface area contributed by atoms with Crippen LogP contribution in [0.4, 0.5) is 0 Å². The van der Waals surface area contributed by atoms with E-state index in [4.69, 9.17) is 16.7 Å². The molecule has 0 saturated carbocycles.